The zero-order valence-electron chi connectivity index (χ0n) is 12.5. The number of oxazole rings is 1. The van der Waals surface area contributed by atoms with Gasteiger partial charge in [0.15, 0.2) is 0 Å². The van der Waals surface area contributed by atoms with Gasteiger partial charge in [-0.15, -0.1) is 0 Å². The molecule has 0 saturated carbocycles. The number of hydrogen-bond donors (Lipinski definition) is 1. The topological polar surface area (TPSA) is 81.4 Å². The molecule has 0 spiro atoms. The fourth-order valence-corrected chi connectivity index (χ4v) is 1.98. The molecule has 6 heteroatoms. The Hall–Kier alpha value is -2.63. The predicted molar refractivity (Wildman–Crippen MR) is 79.9 cm³/mol. The molecule has 116 valence electrons. The fraction of sp³-hybridized carbons (Fsp3) is 0.312. The lowest BCUT2D eigenvalue weighted by molar-refractivity contribution is -0.141. The first kappa shape index (κ1) is 15.8. The van der Waals surface area contributed by atoms with Crippen LogP contribution in [-0.2, 0) is 20.7 Å². The number of nitrogens with zero attached hydrogens (tertiary/aromatic N) is 1. The van der Waals surface area contributed by atoms with E-state index < -0.39 is 0 Å². The maximum Gasteiger partial charge on any atom is 0.307 e. The van der Waals surface area contributed by atoms with Gasteiger partial charge in [0.25, 0.3) is 0 Å². The lowest BCUT2D eigenvalue weighted by Gasteiger charge is -2.11. The third-order valence-electron chi connectivity index (χ3n) is 3.02. The molecule has 0 saturated heterocycles. The Morgan fingerprint density at radius 2 is 2.05 bits per heavy atom. The number of carbonyl (C=O) groups is 2. The van der Waals surface area contributed by atoms with Crippen LogP contribution in [0.15, 0.2) is 41.0 Å². The normalized spacial score (nSPS) is 11.7. The molecule has 1 heterocycles. The van der Waals surface area contributed by atoms with Gasteiger partial charge >= 0.3 is 5.97 Å². The van der Waals surface area contributed by atoms with Gasteiger partial charge in [-0.25, -0.2) is 4.98 Å². The number of carbonyl (C=O) groups excluding carboxylic acids is 2. The molecular formula is C16H18N2O4. The van der Waals surface area contributed by atoms with Gasteiger partial charge in [0.05, 0.1) is 25.6 Å². The minimum atomic E-state index is -0.361. The second-order valence-electron chi connectivity index (χ2n) is 4.94. The van der Waals surface area contributed by atoms with Crippen LogP contribution in [0.4, 0.5) is 0 Å². The SMILES string of the molecule is COC(=O)CC(C)NC(=O)Cc1coc(-c2ccccc2)n1. The molecule has 1 atom stereocenters. The van der Waals surface area contributed by atoms with Crippen LogP contribution in [0.3, 0.4) is 0 Å². The Balaban J connectivity index is 1.90. The van der Waals surface area contributed by atoms with Crippen LogP contribution in [0.2, 0.25) is 0 Å². The van der Waals surface area contributed by atoms with Crippen molar-refractivity contribution in [3.8, 4) is 11.5 Å². The minimum Gasteiger partial charge on any atom is -0.469 e. The quantitative estimate of drug-likeness (QED) is 0.825. The van der Waals surface area contributed by atoms with Crippen LogP contribution in [-0.4, -0.2) is 30.0 Å². The van der Waals surface area contributed by atoms with Crippen molar-refractivity contribution in [2.45, 2.75) is 25.8 Å². The first-order valence-corrected chi connectivity index (χ1v) is 6.94. The number of nitrogens with one attached hydrogen (secondary N) is 1. The van der Waals surface area contributed by atoms with Crippen molar-refractivity contribution in [1.29, 1.82) is 0 Å². The smallest absolute Gasteiger partial charge is 0.307 e. The zero-order valence-corrected chi connectivity index (χ0v) is 12.5. The summed E-state index contributed by atoms with van der Waals surface area (Å²) < 4.78 is 9.93. The maximum atomic E-state index is 11.9. The summed E-state index contributed by atoms with van der Waals surface area (Å²) in [5.41, 5.74) is 1.40. The third-order valence-corrected chi connectivity index (χ3v) is 3.02. The van der Waals surface area contributed by atoms with Crippen LogP contribution in [0, 0.1) is 0 Å². The van der Waals surface area contributed by atoms with E-state index in [1.807, 2.05) is 30.3 Å². The van der Waals surface area contributed by atoms with Crippen LogP contribution in [0.5, 0.6) is 0 Å². The standard InChI is InChI=1S/C16H18N2O4/c1-11(8-15(20)21-2)17-14(19)9-13-10-22-16(18-13)12-6-4-3-5-7-12/h3-7,10-11H,8-9H2,1-2H3,(H,17,19). The van der Waals surface area contributed by atoms with Gasteiger partial charge in [-0.3, -0.25) is 9.59 Å². The average molecular weight is 302 g/mol. The molecule has 1 aromatic carbocycles. The largest absolute Gasteiger partial charge is 0.469 e. The number of esters is 1. The molecule has 1 amide bonds. The van der Waals surface area contributed by atoms with E-state index in [-0.39, 0.29) is 30.8 Å². The molecule has 0 bridgehead atoms. The van der Waals surface area contributed by atoms with E-state index in [0.717, 1.165) is 5.56 Å². The molecule has 0 fully saturated rings. The number of methoxy groups -OCH3 is 1. The Morgan fingerprint density at radius 1 is 1.32 bits per heavy atom. The lowest BCUT2D eigenvalue weighted by Crippen LogP contribution is -2.35. The van der Waals surface area contributed by atoms with Gasteiger partial charge in [-0.2, -0.15) is 0 Å². The molecule has 0 aliphatic carbocycles. The van der Waals surface area contributed by atoms with Gasteiger partial charge < -0.3 is 14.5 Å². The van der Waals surface area contributed by atoms with Crippen LogP contribution in [0.1, 0.15) is 19.0 Å². The number of amides is 1. The summed E-state index contributed by atoms with van der Waals surface area (Å²) >= 11 is 0. The number of hydrogen-bond acceptors (Lipinski definition) is 5. The Bertz CT molecular complexity index is 637. The van der Waals surface area contributed by atoms with Crippen LogP contribution in [0.25, 0.3) is 11.5 Å². The van der Waals surface area contributed by atoms with Crippen molar-refractivity contribution in [1.82, 2.24) is 10.3 Å². The Morgan fingerprint density at radius 3 is 2.73 bits per heavy atom. The molecular weight excluding hydrogens is 284 g/mol. The second-order valence-corrected chi connectivity index (χ2v) is 4.94. The molecule has 1 aromatic heterocycles. The number of aromatic nitrogens is 1. The van der Waals surface area contributed by atoms with Crippen molar-refractivity contribution >= 4 is 11.9 Å². The highest BCUT2D eigenvalue weighted by Crippen LogP contribution is 2.18. The number of benzene rings is 1. The zero-order chi connectivity index (χ0) is 15.9. The van der Waals surface area contributed by atoms with E-state index in [1.54, 1.807) is 6.92 Å². The molecule has 1 unspecified atom stereocenters. The summed E-state index contributed by atoms with van der Waals surface area (Å²) in [5, 5.41) is 2.72. The summed E-state index contributed by atoms with van der Waals surface area (Å²) in [6, 6.07) is 9.16. The summed E-state index contributed by atoms with van der Waals surface area (Å²) in [4.78, 5) is 27.3. The van der Waals surface area contributed by atoms with Crippen LogP contribution >= 0.6 is 0 Å². The minimum absolute atomic E-state index is 0.0991. The van der Waals surface area contributed by atoms with Crippen molar-refractivity contribution in [2.75, 3.05) is 7.11 Å². The molecule has 0 aliphatic rings. The fourth-order valence-electron chi connectivity index (χ4n) is 1.98. The van der Waals surface area contributed by atoms with E-state index >= 15 is 0 Å². The number of rotatable bonds is 6. The van der Waals surface area contributed by atoms with Gasteiger partial charge in [0.2, 0.25) is 11.8 Å². The molecule has 1 N–H and O–H groups in total. The Labute approximate surface area is 128 Å². The predicted octanol–water partition coefficient (Wildman–Crippen LogP) is 1.95. The second kappa shape index (κ2) is 7.40. The summed E-state index contributed by atoms with van der Waals surface area (Å²) in [6.45, 7) is 1.74. The van der Waals surface area contributed by atoms with Gasteiger partial charge in [0.1, 0.15) is 6.26 Å². The molecule has 2 aromatic rings. The highest BCUT2D eigenvalue weighted by Gasteiger charge is 2.14. The highest BCUT2D eigenvalue weighted by molar-refractivity contribution is 5.79. The summed E-state index contributed by atoms with van der Waals surface area (Å²) in [6.07, 6.45) is 1.70. The molecule has 6 nitrogen and oxygen atoms in total. The van der Waals surface area contributed by atoms with E-state index in [0.29, 0.717) is 11.6 Å². The lowest BCUT2D eigenvalue weighted by atomic mass is 10.2. The van der Waals surface area contributed by atoms with E-state index in [1.165, 1.54) is 13.4 Å². The van der Waals surface area contributed by atoms with Gasteiger partial charge in [-0.05, 0) is 19.1 Å². The van der Waals surface area contributed by atoms with Gasteiger partial charge in [0, 0.05) is 11.6 Å². The Kier molecular flexibility index (Phi) is 5.30. The monoisotopic (exact) mass is 302 g/mol. The maximum absolute atomic E-state index is 11.9. The van der Waals surface area contributed by atoms with Crippen molar-refractivity contribution in [3.05, 3.63) is 42.3 Å². The average Bonchev–Trinajstić information content (AvgIpc) is 2.96. The first-order chi connectivity index (χ1) is 10.6. The van der Waals surface area contributed by atoms with Crippen molar-refractivity contribution < 1.29 is 18.7 Å². The van der Waals surface area contributed by atoms with Crippen molar-refractivity contribution in [3.63, 3.8) is 0 Å². The molecule has 2 rings (SSSR count). The third kappa shape index (κ3) is 4.44. The molecule has 0 aliphatic heterocycles. The summed E-state index contributed by atoms with van der Waals surface area (Å²) in [7, 11) is 1.32. The van der Waals surface area contributed by atoms with E-state index in [4.69, 9.17) is 4.42 Å². The molecule has 0 radical (unpaired) electrons. The summed E-state index contributed by atoms with van der Waals surface area (Å²) in [5.74, 6) is -0.101. The first-order valence-electron chi connectivity index (χ1n) is 6.94. The van der Waals surface area contributed by atoms with E-state index in [9.17, 15) is 9.59 Å². The van der Waals surface area contributed by atoms with Gasteiger partial charge in [-0.1, -0.05) is 18.2 Å². The van der Waals surface area contributed by atoms with Crippen molar-refractivity contribution in [2.24, 2.45) is 0 Å². The number of ether oxygens (including phenoxy) is 1. The van der Waals surface area contributed by atoms with E-state index in [2.05, 4.69) is 15.0 Å². The highest BCUT2D eigenvalue weighted by atomic mass is 16.5. The van der Waals surface area contributed by atoms with Crippen LogP contribution < -0.4 is 5.32 Å². The molecule has 22 heavy (non-hydrogen) atoms.